The summed E-state index contributed by atoms with van der Waals surface area (Å²) in [6.07, 6.45) is 5.09. The summed E-state index contributed by atoms with van der Waals surface area (Å²) in [5.41, 5.74) is 8.16. The number of pyridine rings is 1. The lowest BCUT2D eigenvalue weighted by molar-refractivity contribution is 0.304. The molecule has 0 bridgehead atoms. The third-order valence-corrected chi connectivity index (χ3v) is 2.71. The minimum Gasteiger partial charge on any atom is -0.487 e. The zero-order valence-electron chi connectivity index (χ0n) is 9.67. The fourth-order valence-electron chi connectivity index (χ4n) is 1.81. The van der Waals surface area contributed by atoms with Crippen molar-refractivity contribution in [2.45, 2.75) is 6.61 Å². The van der Waals surface area contributed by atoms with Crippen LogP contribution in [0.4, 0.5) is 5.69 Å². The van der Waals surface area contributed by atoms with Gasteiger partial charge < -0.3 is 14.9 Å². The molecule has 90 valence electrons. The monoisotopic (exact) mass is 240 g/mol. The van der Waals surface area contributed by atoms with E-state index in [-0.39, 0.29) is 0 Å². The predicted molar refractivity (Wildman–Crippen MR) is 69.2 cm³/mol. The lowest BCUT2D eigenvalue weighted by Gasteiger charge is -2.03. The van der Waals surface area contributed by atoms with E-state index in [1.807, 2.05) is 30.3 Å². The lowest BCUT2D eigenvalue weighted by atomic mass is 10.2. The van der Waals surface area contributed by atoms with Crippen LogP contribution in [0.5, 0.6) is 5.75 Å². The molecule has 3 rings (SSSR count). The van der Waals surface area contributed by atoms with Gasteiger partial charge in [0.15, 0.2) is 0 Å². The molecule has 0 amide bonds. The fraction of sp³-hybridized carbons (Fsp3) is 0.0714. The van der Waals surface area contributed by atoms with Gasteiger partial charge in [0.2, 0.25) is 0 Å². The molecule has 0 saturated heterocycles. The lowest BCUT2D eigenvalue weighted by Crippen LogP contribution is -1.94. The molecule has 3 aromatic rings. The molecule has 2 N–H and O–H groups in total. The van der Waals surface area contributed by atoms with E-state index in [9.17, 15) is 0 Å². The van der Waals surface area contributed by atoms with E-state index in [4.69, 9.17) is 14.9 Å². The summed E-state index contributed by atoms with van der Waals surface area (Å²) in [4.78, 5) is 3.99. The number of hydrogen-bond acceptors (Lipinski definition) is 4. The van der Waals surface area contributed by atoms with Crippen LogP contribution in [0.1, 0.15) is 5.56 Å². The van der Waals surface area contributed by atoms with Gasteiger partial charge in [0.05, 0.1) is 12.5 Å². The average molecular weight is 240 g/mol. The number of rotatable bonds is 3. The average Bonchev–Trinajstić information content (AvgIpc) is 2.80. The normalized spacial score (nSPS) is 10.7. The highest BCUT2D eigenvalue weighted by atomic mass is 16.5. The van der Waals surface area contributed by atoms with E-state index in [2.05, 4.69) is 4.98 Å². The molecule has 2 aromatic heterocycles. The van der Waals surface area contributed by atoms with E-state index in [1.54, 1.807) is 18.7 Å². The standard InChI is InChI=1S/C14H12N2O2/c15-11-3-4-13-10(9-18-14(13)6-11)8-17-12-2-1-5-16-7-12/h1-7,9H,8,15H2. The first kappa shape index (κ1) is 10.7. The van der Waals surface area contributed by atoms with E-state index >= 15 is 0 Å². The van der Waals surface area contributed by atoms with Crippen molar-refractivity contribution in [2.75, 3.05) is 5.73 Å². The van der Waals surface area contributed by atoms with Crippen LogP contribution in [0.3, 0.4) is 0 Å². The Bertz CT molecular complexity index is 662. The Balaban J connectivity index is 1.83. The van der Waals surface area contributed by atoms with Crippen molar-refractivity contribution in [1.29, 1.82) is 0 Å². The minimum absolute atomic E-state index is 0.447. The second-order valence-corrected chi connectivity index (χ2v) is 3.99. The molecule has 4 nitrogen and oxygen atoms in total. The number of fused-ring (bicyclic) bond motifs is 1. The molecule has 0 atom stereocenters. The van der Waals surface area contributed by atoms with Crippen molar-refractivity contribution in [3.63, 3.8) is 0 Å². The summed E-state index contributed by atoms with van der Waals surface area (Å²) in [6, 6.07) is 9.31. The summed E-state index contributed by atoms with van der Waals surface area (Å²) in [5.74, 6) is 0.738. The Labute approximate surface area is 104 Å². The van der Waals surface area contributed by atoms with E-state index in [1.165, 1.54) is 0 Å². The smallest absolute Gasteiger partial charge is 0.138 e. The van der Waals surface area contributed by atoms with Gasteiger partial charge in [-0.3, -0.25) is 4.98 Å². The molecule has 0 unspecified atom stereocenters. The van der Waals surface area contributed by atoms with Crippen LogP contribution in [0.2, 0.25) is 0 Å². The van der Waals surface area contributed by atoms with Crippen molar-refractivity contribution >= 4 is 16.7 Å². The summed E-state index contributed by atoms with van der Waals surface area (Å²) in [7, 11) is 0. The summed E-state index contributed by atoms with van der Waals surface area (Å²) in [5, 5.41) is 1.02. The summed E-state index contributed by atoms with van der Waals surface area (Å²) < 4.78 is 11.1. The van der Waals surface area contributed by atoms with Gasteiger partial charge in [0, 0.05) is 28.9 Å². The van der Waals surface area contributed by atoms with Crippen LogP contribution in [0, 0.1) is 0 Å². The number of nitrogens with two attached hydrogens (primary N) is 1. The molecular weight excluding hydrogens is 228 g/mol. The molecule has 0 aliphatic carbocycles. The molecule has 0 aliphatic rings. The van der Waals surface area contributed by atoms with Crippen LogP contribution in [-0.2, 0) is 6.61 Å². The maximum Gasteiger partial charge on any atom is 0.138 e. The van der Waals surface area contributed by atoms with Crippen LogP contribution < -0.4 is 10.5 Å². The van der Waals surface area contributed by atoms with Gasteiger partial charge in [0.25, 0.3) is 0 Å². The maximum absolute atomic E-state index is 5.70. The molecule has 0 radical (unpaired) electrons. The van der Waals surface area contributed by atoms with Crippen LogP contribution in [0.15, 0.2) is 53.4 Å². The van der Waals surface area contributed by atoms with Gasteiger partial charge in [-0.15, -0.1) is 0 Å². The van der Waals surface area contributed by atoms with Gasteiger partial charge in [0.1, 0.15) is 17.9 Å². The van der Waals surface area contributed by atoms with Crippen LogP contribution in [0.25, 0.3) is 11.0 Å². The second-order valence-electron chi connectivity index (χ2n) is 3.99. The Morgan fingerprint density at radius 2 is 2.22 bits per heavy atom. The quantitative estimate of drug-likeness (QED) is 0.715. The number of hydrogen-bond donors (Lipinski definition) is 1. The van der Waals surface area contributed by atoms with Gasteiger partial charge in [-0.05, 0) is 24.3 Å². The number of benzene rings is 1. The predicted octanol–water partition coefficient (Wildman–Crippen LogP) is 2.99. The first-order chi connectivity index (χ1) is 8.83. The summed E-state index contributed by atoms with van der Waals surface area (Å²) in [6.45, 7) is 0.447. The molecule has 0 aliphatic heterocycles. The van der Waals surface area contributed by atoms with Crippen molar-refractivity contribution in [3.8, 4) is 5.75 Å². The molecule has 0 spiro atoms. The number of furan rings is 1. The number of nitrogen functional groups attached to an aromatic ring is 1. The first-order valence-electron chi connectivity index (χ1n) is 5.61. The van der Waals surface area contributed by atoms with Gasteiger partial charge in [-0.25, -0.2) is 0 Å². The minimum atomic E-state index is 0.447. The van der Waals surface area contributed by atoms with Crippen molar-refractivity contribution < 1.29 is 9.15 Å². The molecule has 2 heterocycles. The van der Waals surface area contributed by atoms with Crippen LogP contribution in [-0.4, -0.2) is 4.98 Å². The van der Waals surface area contributed by atoms with Crippen molar-refractivity contribution in [2.24, 2.45) is 0 Å². The molecule has 0 saturated carbocycles. The van der Waals surface area contributed by atoms with Gasteiger partial charge in [-0.2, -0.15) is 0 Å². The number of nitrogens with zero attached hydrogens (tertiary/aromatic N) is 1. The fourth-order valence-corrected chi connectivity index (χ4v) is 1.81. The Morgan fingerprint density at radius 3 is 3.06 bits per heavy atom. The Morgan fingerprint density at radius 1 is 1.28 bits per heavy atom. The van der Waals surface area contributed by atoms with Crippen LogP contribution >= 0.6 is 0 Å². The summed E-state index contributed by atoms with van der Waals surface area (Å²) >= 11 is 0. The highest BCUT2D eigenvalue weighted by molar-refractivity contribution is 5.83. The van der Waals surface area contributed by atoms with E-state index in [0.717, 1.165) is 22.3 Å². The molecule has 1 aromatic carbocycles. The Hall–Kier alpha value is -2.49. The topological polar surface area (TPSA) is 61.3 Å². The van der Waals surface area contributed by atoms with Gasteiger partial charge >= 0.3 is 0 Å². The number of ether oxygens (including phenoxy) is 1. The number of anilines is 1. The molecule has 18 heavy (non-hydrogen) atoms. The maximum atomic E-state index is 5.70. The van der Waals surface area contributed by atoms with E-state index in [0.29, 0.717) is 12.3 Å². The first-order valence-corrected chi connectivity index (χ1v) is 5.61. The van der Waals surface area contributed by atoms with Crippen molar-refractivity contribution in [1.82, 2.24) is 4.98 Å². The number of aromatic nitrogens is 1. The highest BCUT2D eigenvalue weighted by Gasteiger charge is 2.06. The largest absolute Gasteiger partial charge is 0.487 e. The third kappa shape index (κ3) is 2.00. The second kappa shape index (κ2) is 4.41. The SMILES string of the molecule is Nc1ccc2c(COc3cccnc3)coc2c1. The molecule has 4 heteroatoms. The zero-order chi connectivity index (χ0) is 12.4. The Kier molecular flexibility index (Phi) is 2.61. The van der Waals surface area contributed by atoms with Crippen molar-refractivity contribution in [3.05, 3.63) is 54.6 Å². The van der Waals surface area contributed by atoms with Gasteiger partial charge in [-0.1, -0.05) is 0 Å². The zero-order valence-corrected chi connectivity index (χ0v) is 9.67. The third-order valence-electron chi connectivity index (χ3n) is 2.71. The molecular formula is C14H12N2O2. The molecule has 0 fully saturated rings. The highest BCUT2D eigenvalue weighted by Crippen LogP contribution is 2.24. The van der Waals surface area contributed by atoms with E-state index < -0.39 is 0 Å².